The third-order valence-corrected chi connectivity index (χ3v) is 12.4. The molecule has 0 saturated heterocycles. The zero-order chi connectivity index (χ0) is 43.4. The van der Waals surface area contributed by atoms with Gasteiger partial charge < -0.3 is 14.6 Å². The van der Waals surface area contributed by atoms with Crippen LogP contribution in [0.5, 0.6) is 0 Å². The van der Waals surface area contributed by atoms with Crippen LogP contribution in [0.15, 0.2) is 245 Å². The number of rotatable bonds is 11. The van der Waals surface area contributed by atoms with Crippen LogP contribution in [-0.2, 0) is 0 Å². The SMILES string of the molecule is C/C(C(=NC(C)c1ccccc1)c1ccccc1)=C(/C)C1C=CC=C(c2ccc(N(c3ccc(-c4ccccc4)cc3)c3ccc(-c4ccccc4)cc3)c3c2oc2ccccc23)N1. The van der Waals surface area contributed by atoms with Gasteiger partial charge in [0.05, 0.1) is 28.9 Å². The second kappa shape index (κ2) is 17.8. The molecule has 9 aromatic rings. The fraction of sp³-hybridized carbons (Fsp3) is 0.0833. The largest absolute Gasteiger partial charge is 0.455 e. The molecule has 0 bridgehead atoms. The Kier molecular flexibility index (Phi) is 11.2. The molecule has 0 fully saturated rings. The first-order valence-corrected chi connectivity index (χ1v) is 22.1. The van der Waals surface area contributed by atoms with Gasteiger partial charge in [0, 0.05) is 28.0 Å². The molecule has 1 aliphatic rings. The van der Waals surface area contributed by atoms with Gasteiger partial charge in [0.25, 0.3) is 0 Å². The van der Waals surface area contributed by atoms with Crippen molar-refractivity contribution in [3.63, 3.8) is 0 Å². The fourth-order valence-corrected chi connectivity index (χ4v) is 8.85. The Morgan fingerprint density at radius 2 is 1.11 bits per heavy atom. The first-order valence-electron chi connectivity index (χ1n) is 22.1. The number of hydrogen-bond donors (Lipinski definition) is 1. The molecule has 310 valence electrons. The number of nitrogens with one attached hydrogen (secondary N) is 1. The van der Waals surface area contributed by atoms with E-state index in [4.69, 9.17) is 9.41 Å². The fourth-order valence-electron chi connectivity index (χ4n) is 8.85. The van der Waals surface area contributed by atoms with E-state index in [-0.39, 0.29) is 12.1 Å². The first-order chi connectivity index (χ1) is 31.5. The van der Waals surface area contributed by atoms with Crippen molar-refractivity contribution < 1.29 is 4.42 Å². The molecule has 1 aromatic heterocycles. The molecule has 10 rings (SSSR count). The van der Waals surface area contributed by atoms with Gasteiger partial charge >= 0.3 is 0 Å². The van der Waals surface area contributed by atoms with Crippen molar-refractivity contribution >= 4 is 50.4 Å². The third-order valence-electron chi connectivity index (χ3n) is 12.4. The summed E-state index contributed by atoms with van der Waals surface area (Å²) >= 11 is 0. The van der Waals surface area contributed by atoms with Gasteiger partial charge in [-0.25, -0.2) is 0 Å². The predicted molar refractivity (Wildman–Crippen MR) is 270 cm³/mol. The molecular formula is C60H49N3O. The zero-order valence-electron chi connectivity index (χ0n) is 36.3. The summed E-state index contributed by atoms with van der Waals surface area (Å²) in [6, 6.07) is 72.7. The second-order valence-corrected chi connectivity index (χ2v) is 16.4. The molecule has 0 amide bonds. The topological polar surface area (TPSA) is 40.8 Å². The Balaban J connectivity index is 1.06. The van der Waals surface area contributed by atoms with Crippen molar-refractivity contribution in [3.05, 3.63) is 252 Å². The number of anilines is 3. The van der Waals surface area contributed by atoms with Crippen LogP contribution < -0.4 is 10.2 Å². The molecule has 4 heteroatoms. The molecule has 4 nitrogen and oxygen atoms in total. The van der Waals surface area contributed by atoms with Gasteiger partial charge in [-0.3, -0.25) is 4.99 Å². The molecule has 0 saturated carbocycles. The van der Waals surface area contributed by atoms with E-state index in [0.717, 1.165) is 67.1 Å². The van der Waals surface area contributed by atoms with E-state index in [1.807, 2.05) is 6.07 Å². The highest BCUT2D eigenvalue weighted by atomic mass is 16.3. The normalized spacial score (nSPS) is 14.8. The average Bonchev–Trinajstić information content (AvgIpc) is 3.77. The van der Waals surface area contributed by atoms with Crippen LogP contribution in [-0.4, -0.2) is 11.8 Å². The van der Waals surface area contributed by atoms with Gasteiger partial charge in [-0.15, -0.1) is 0 Å². The van der Waals surface area contributed by atoms with Crippen LogP contribution in [0.2, 0.25) is 0 Å². The number of allylic oxidation sites excluding steroid dienone is 3. The highest BCUT2D eigenvalue weighted by molar-refractivity contribution is 6.16. The highest BCUT2D eigenvalue weighted by Crippen LogP contribution is 2.46. The average molecular weight is 828 g/mol. The van der Waals surface area contributed by atoms with Gasteiger partial charge in [-0.2, -0.15) is 0 Å². The van der Waals surface area contributed by atoms with Gasteiger partial charge in [0.2, 0.25) is 0 Å². The lowest BCUT2D eigenvalue weighted by Crippen LogP contribution is -2.30. The minimum atomic E-state index is -0.0668. The van der Waals surface area contributed by atoms with Crippen molar-refractivity contribution in [2.75, 3.05) is 4.90 Å². The maximum atomic E-state index is 6.92. The van der Waals surface area contributed by atoms with Crippen LogP contribution >= 0.6 is 0 Å². The Bertz CT molecular complexity index is 3100. The van der Waals surface area contributed by atoms with Crippen molar-refractivity contribution in [1.82, 2.24) is 5.32 Å². The predicted octanol–water partition coefficient (Wildman–Crippen LogP) is 15.8. The molecule has 1 N–H and O–H groups in total. The number of furan rings is 1. The number of para-hydroxylation sites is 1. The highest BCUT2D eigenvalue weighted by Gasteiger charge is 2.25. The number of fused-ring (bicyclic) bond motifs is 3. The summed E-state index contributed by atoms with van der Waals surface area (Å²) in [5.74, 6) is 0. The van der Waals surface area contributed by atoms with Crippen LogP contribution in [0.4, 0.5) is 17.1 Å². The molecule has 2 heterocycles. The van der Waals surface area contributed by atoms with Crippen LogP contribution in [0.3, 0.4) is 0 Å². The van der Waals surface area contributed by atoms with Crippen LogP contribution in [0.25, 0.3) is 49.9 Å². The minimum Gasteiger partial charge on any atom is -0.455 e. The van der Waals surface area contributed by atoms with Crippen molar-refractivity contribution in [3.8, 4) is 22.3 Å². The standard InChI is InChI=1S/C60H49N3O/c1-41(42(2)59(49-25-14-7-15-26-49)61-43(3)44-19-8-4-9-20-44)54-28-18-29-55(62-54)52-39-40-56(58-53-27-16-17-30-57(53)64-60(52)58)63(50-35-31-47(32-36-50)45-21-10-5-11-22-45)51-37-33-48(34-38-51)46-23-12-6-13-24-46/h4-40,43,54,62H,1-3H3/b42-41+,61-59?. The summed E-state index contributed by atoms with van der Waals surface area (Å²) in [4.78, 5) is 7.73. The number of aliphatic imine (C=N–C) groups is 1. The van der Waals surface area contributed by atoms with E-state index in [1.165, 1.54) is 33.4 Å². The Morgan fingerprint density at radius 1 is 0.578 bits per heavy atom. The van der Waals surface area contributed by atoms with Gasteiger partial charge in [-0.1, -0.05) is 176 Å². The van der Waals surface area contributed by atoms with Crippen molar-refractivity contribution in [2.45, 2.75) is 32.9 Å². The number of nitrogens with zero attached hydrogens (tertiary/aromatic N) is 2. The zero-order valence-corrected chi connectivity index (χ0v) is 36.3. The molecule has 0 aliphatic carbocycles. The Labute approximate surface area is 375 Å². The third kappa shape index (κ3) is 7.98. The Morgan fingerprint density at radius 3 is 1.72 bits per heavy atom. The molecular weight excluding hydrogens is 779 g/mol. The van der Waals surface area contributed by atoms with E-state index < -0.39 is 0 Å². The molecule has 0 radical (unpaired) electrons. The molecule has 2 atom stereocenters. The molecule has 2 unspecified atom stereocenters. The van der Waals surface area contributed by atoms with Crippen molar-refractivity contribution in [1.29, 1.82) is 0 Å². The second-order valence-electron chi connectivity index (χ2n) is 16.4. The van der Waals surface area contributed by atoms with Crippen molar-refractivity contribution in [2.24, 2.45) is 4.99 Å². The van der Waals surface area contributed by atoms with Crippen LogP contribution in [0.1, 0.15) is 43.5 Å². The maximum absolute atomic E-state index is 6.92. The van der Waals surface area contributed by atoms with Gasteiger partial charge in [-0.05, 0) is 114 Å². The summed E-state index contributed by atoms with van der Waals surface area (Å²) in [5.41, 5.74) is 17.2. The smallest absolute Gasteiger partial charge is 0.146 e. The summed E-state index contributed by atoms with van der Waals surface area (Å²) in [6.07, 6.45) is 6.55. The number of benzene rings is 8. The molecule has 0 spiro atoms. The molecule has 1 aliphatic heterocycles. The summed E-state index contributed by atoms with van der Waals surface area (Å²) < 4.78 is 6.92. The summed E-state index contributed by atoms with van der Waals surface area (Å²) in [5, 5.41) is 6.04. The monoisotopic (exact) mass is 827 g/mol. The van der Waals surface area contributed by atoms with Crippen LogP contribution in [0, 0.1) is 0 Å². The van der Waals surface area contributed by atoms with E-state index in [1.54, 1.807) is 0 Å². The number of hydrogen-bond acceptors (Lipinski definition) is 4. The maximum Gasteiger partial charge on any atom is 0.146 e. The summed E-state index contributed by atoms with van der Waals surface area (Å²) in [7, 11) is 0. The van der Waals surface area contributed by atoms with E-state index >= 15 is 0 Å². The first kappa shape index (κ1) is 40.1. The lowest BCUT2D eigenvalue weighted by molar-refractivity contribution is 0.666. The number of dihydropyridines is 1. The van der Waals surface area contributed by atoms with Gasteiger partial charge in [0.1, 0.15) is 11.2 Å². The lowest BCUT2D eigenvalue weighted by Gasteiger charge is -2.28. The molecule has 64 heavy (non-hydrogen) atoms. The quantitative estimate of drug-likeness (QED) is 0.132. The molecule has 8 aromatic carbocycles. The Hall–Kier alpha value is -7.95. The van der Waals surface area contributed by atoms with E-state index in [9.17, 15) is 0 Å². The van der Waals surface area contributed by atoms with Gasteiger partial charge in [0.15, 0.2) is 0 Å². The minimum absolute atomic E-state index is 0.00693. The van der Waals surface area contributed by atoms with E-state index in [2.05, 4.69) is 249 Å². The summed E-state index contributed by atoms with van der Waals surface area (Å²) in [6.45, 7) is 6.59. The lowest BCUT2D eigenvalue weighted by atomic mass is 9.93. The van der Waals surface area contributed by atoms with E-state index in [0.29, 0.717) is 0 Å².